The van der Waals surface area contributed by atoms with Crippen molar-refractivity contribution >= 4 is 11.7 Å². The lowest BCUT2D eigenvalue weighted by Gasteiger charge is -2.12. The molecule has 3 rings (SSSR count). The van der Waals surface area contributed by atoms with Crippen LogP contribution in [0.3, 0.4) is 0 Å². The maximum Gasteiger partial charge on any atom is 0.337 e. The number of carboxylic acid groups (broad SMARTS) is 1. The summed E-state index contributed by atoms with van der Waals surface area (Å²) in [6.45, 7) is 6.00. The van der Waals surface area contributed by atoms with Gasteiger partial charge in [0.05, 0.1) is 5.56 Å². The van der Waals surface area contributed by atoms with Crippen molar-refractivity contribution in [3.8, 4) is 16.8 Å². The normalized spacial score (nSPS) is 11.2. The number of aromatic carboxylic acids is 1. The van der Waals surface area contributed by atoms with Gasteiger partial charge in [-0.15, -0.1) is 0 Å². The molecule has 132 valence electrons. The van der Waals surface area contributed by atoms with Gasteiger partial charge < -0.3 is 9.67 Å². The molecule has 0 radical (unpaired) electrons. The molecule has 0 aliphatic carbocycles. The lowest BCUT2D eigenvalue weighted by molar-refractivity contribution is 0.0697. The number of carboxylic acids is 1. The molecule has 0 bridgehead atoms. The first kappa shape index (κ1) is 17.6. The van der Waals surface area contributed by atoms with Gasteiger partial charge in [0.25, 0.3) is 0 Å². The Morgan fingerprint density at radius 3 is 2.08 bits per heavy atom. The van der Waals surface area contributed by atoms with Gasteiger partial charge in [-0.3, -0.25) is 0 Å². The molecular formula is C21H21N3O2. The van der Waals surface area contributed by atoms with E-state index in [1.807, 2.05) is 37.3 Å². The Hall–Kier alpha value is -3.21. The molecule has 3 aromatic rings. The Morgan fingerprint density at radius 1 is 0.923 bits per heavy atom. The fraction of sp³-hybridized carbons (Fsp3) is 0.190. The topological polar surface area (TPSA) is 67.0 Å². The predicted octanol–water partition coefficient (Wildman–Crippen LogP) is 5.48. The highest BCUT2D eigenvalue weighted by Crippen LogP contribution is 2.32. The molecule has 26 heavy (non-hydrogen) atoms. The number of aromatic nitrogens is 1. The Balaban J connectivity index is 2.06. The average Bonchev–Trinajstić information content (AvgIpc) is 2.95. The van der Waals surface area contributed by atoms with E-state index < -0.39 is 5.97 Å². The van der Waals surface area contributed by atoms with E-state index in [4.69, 9.17) is 0 Å². The Bertz CT molecular complexity index is 979. The van der Waals surface area contributed by atoms with E-state index in [-0.39, 0.29) is 5.56 Å². The summed E-state index contributed by atoms with van der Waals surface area (Å²) in [6.07, 6.45) is 0. The van der Waals surface area contributed by atoms with Crippen molar-refractivity contribution in [2.24, 2.45) is 10.2 Å². The number of nitrogens with zero attached hydrogens (tertiary/aromatic N) is 3. The largest absolute Gasteiger partial charge is 0.478 e. The van der Waals surface area contributed by atoms with Gasteiger partial charge in [0.2, 0.25) is 0 Å². The molecule has 2 aromatic carbocycles. The molecule has 0 fully saturated rings. The van der Waals surface area contributed by atoms with Crippen molar-refractivity contribution in [1.29, 1.82) is 0 Å². The van der Waals surface area contributed by atoms with Gasteiger partial charge in [-0.1, -0.05) is 12.1 Å². The minimum atomic E-state index is -1.01. The van der Waals surface area contributed by atoms with Crippen LogP contribution >= 0.6 is 0 Å². The van der Waals surface area contributed by atoms with Crippen molar-refractivity contribution in [1.82, 2.24) is 4.57 Å². The van der Waals surface area contributed by atoms with Gasteiger partial charge in [-0.2, -0.15) is 10.2 Å². The molecule has 0 aliphatic heterocycles. The highest BCUT2D eigenvalue weighted by Gasteiger charge is 2.15. The molecule has 5 nitrogen and oxygen atoms in total. The first-order chi connectivity index (χ1) is 12.4. The maximum absolute atomic E-state index is 11.6. The summed E-state index contributed by atoms with van der Waals surface area (Å²) in [5, 5.41) is 17.2. The van der Waals surface area contributed by atoms with Crippen molar-refractivity contribution < 1.29 is 9.90 Å². The molecule has 5 heteroatoms. The zero-order valence-corrected chi connectivity index (χ0v) is 15.3. The number of aryl methyl sites for hydroxylation is 3. The summed E-state index contributed by atoms with van der Waals surface area (Å²) >= 11 is 0. The van der Waals surface area contributed by atoms with Crippen LogP contribution in [0.25, 0.3) is 16.8 Å². The number of hydrogen-bond acceptors (Lipinski definition) is 3. The SMILES string of the molecule is C/N=N\c1c(C)cc(-c2ccc(-n3c(C)ccc3C)cc2)cc1C(=O)O. The second-order valence-electron chi connectivity index (χ2n) is 6.29. The van der Waals surface area contributed by atoms with Crippen molar-refractivity contribution in [2.45, 2.75) is 20.8 Å². The van der Waals surface area contributed by atoms with E-state index in [9.17, 15) is 9.90 Å². The molecule has 0 spiro atoms. The maximum atomic E-state index is 11.6. The van der Waals surface area contributed by atoms with Crippen LogP contribution < -0.4 is 0 Å². The average molecular weight is 347 g/mol. The van der Waals surface area contributed by atoms with Gasteiger partial charge in [0.1, 0.15) is 5.69 Å². The van der Waals surface area contributed by atoms with Crippen molar-refractivity contribution in [3.63, 3.8) is 0 Å². The molecule has 0 atom stereocenters. The number of hydrogen-bond donors (Lipinski definition) is 1. The summed E-state index contributed by atoms with van der Waals surface area (Å²) in [4.78, 5) is 11.6. The quantitative estimate of drug-likeness (QED) is 0.635. The smallest absolute Gasteiger partial charge is 0.337 e. The number of benzene rings is 2. The Morgan fingerprint density at radius 2 is 1.54 bits per heavy atom. The summed E-state index contributed by atoms with van der Waals surface area (Å²) in [5.74, 6) is -1.01. The summed E-state index contributed by atoms with van der Waals surface area (Å²) in [5.41, 5.74) is 6.59. The van der Waals surface area contributed by atoms with E-state index in [0.29, 0.717) is 5.69 Å². The van der Waals surface area contributed by atoms with Crippen LogP contribution in [0.15, 0.2) is 58.8 Å². The summed E-state index contributed by atoms with van der Waals surface area (Å²) in [6, 6.07) is 15.9. The summed E-state index contributed by atoms with van der Waals surface area (Å²) < 4.78 is 2.18. The molecule has 0 amide bonds. The molecule has 1 aromatic heterocycles. The minimum absolute atomic E-state index is 0.159. The van der Waals surface area contributed by atoms with Crippen LogP contribution in [0.4, 0.5) is 5.69 Å². The molecule has 1 heterocycles. The third-order valence-electron chi connectivity index (χ3n) is 4.46. The Kier molecular flexibility index (Phi) is 4.71. The van der Waals surface area contributed by atoms with Gasteiger partial charge >= 0.3 is 5.97 Å². The molecule has 0 unspecified atom stereocenters. The monoisotopic (exact) mass is 347 g/mol. The van der Waals surface area contributed by atoms with Crippen LogP contribution in [-0.4, -0.2) is 22.7 Å². The number of rotatable bonds is 4. The molecule has 1 N–H and O–H groups in total. The molecule has 0 saturated heterocycles. The summed E-state index contributed by atoms with van der Waals surface area (Å²) in [7, 11) is 1.53. The predicted molar refractivity (Wildman–Crippen MR) is 103 cm³/mol. The van der Waals surface area contributed by atoms with Crippen LogP contribution in [0.2, 0.25) is 0 Å². The van der Waals surface area contributed by atoms with Gasteiger partial charge in [0.15, 0.2) is 0 Å². The Labute approximate surface area is 152 Å². The van der Waals surface area contributed by atoms with Crippen LogP contribution in [-0.2, 0) is 0 Å². The lowest BCUT2D eigenvalue weighted by Crippen LogP contribution is -2.00. The second-order valence-corrected chi connectivity index (χ2v) is 6.29. The van der Waals surface area contributed by atoms with Crippen molar-refractivity contribution in [2.75, 3.05) is 7.05 Å². The fourth-order valence-corrected chi connectivity index (χ4v) is 3.22. The van der Waals surface area contributed by atoms with Crippen LogP contribution in [0.5, 0.6) is 0 Å². The van der Waals surface area contributed by atoms with E-state index in [1.54, 1.807) is 6.07 Å². The van der Waals surface area contributed by atoms with Crippen LogP contribution in [0, 0.1) is 20.8 Å². The van der Waals surface area contributed by atoms with E-state index in [1.165, 1.54) is 18.4 Å². The number of carbonyl (C=O) groups is 1. The van der Waals surface area contributed by atoms with Gasteiger partial charge in [0, 0.05) is 24.1 Å². The lowest BCUT2D eigenvalue weighted by atomic mass is 9.98. The van der Waals surface area contributed by atoms with E-state index in [0.717, 1.165) is 22.4 Å². The van der Waals surface area contributed by atoms with Gasteiger partial charge in [-0.25, -0.2) is 4.79 Å². The van der Waals surface area contributed by atoms with E-state index >= 15 is 0 Å². The standard InChI is InChI=1S/C21H21N3O2/c1-13-11-17(12-19(21(25)26)20(13)23-22-4)16-7-9-18(10-8-16)24-14(2)5-6-15(24)3/h5-12H,1-4H3,(H,25,26)/b23-22-. The second kappa shape index (κ2) is 6.96. The molecule has 0 saturated carbocycles. The highest BCUT2D eigenvalue weighted by atomic mass is 16.4. The van der Waals surface area contributed by atoms with Crippen molar-refractivity contribution in [3.05, 3.63) is 71.0 Å². The third-order valence-corrected chi connectivity index (χ3v) is 4.46. The van der Waals surface area contributed by atoms with E-state index in [2.05, 4.69) is 40.8 Å². The zero-order chi connectivity index (χ0) is 18.8. The minimum Gasteiger partial charge on any atom is -0.478 e. The third kappa shape index (κ3) is 3.16. The molecular weight excluding hydrogens is 326 g/mol. The van der Waals surface area contributed by atoms with Crippen LogP contribution in [0.1, 0.15) is 27.3 Å². The zero-order valence-electron chi connectivity index (χ0n) is 15.3. The first-order valence-corrected chi connectivity index (χ1v) is 8.36. The number of azo groups is 1. The fourth-order valence-electron chi connectivity index (χ4n) is 3.22. The first-order valence-electron chi connectivity index (χ1n) is 8.36. The highest BCUT2D eigenvalue weighted by molar-refractivity contribution is 5.96. The molecule has 0 aliphatic rings. The van der Waals surface area contributed by atoms with Gasteiger partial charge in [-0.05, 0) is 73.9 Å².